The van der Waals surface area contributed by atoms with E-state index in [9.17, 15) is 0 Å². The number of ether oxygens (including phenoxy) is 1. The number of nitrogens with zero attached hydrogens (tertiary/aromatic N) is 2. The van der Waals surface area contributed by atoms with Gasteiger partial charge < -0.3 is 10.1 Å². The number of aromatic nitrogens is 2. The van der Waals surface area contributed by atoms with Crippen molar-refractivity contribution in [1.82, 2.24) is 15.3 Å². The molecule has 4 nitrogen and oxygen atoms in total. The van der Waals surface area contributed by atoms with Crippen molar-refractivity contribution in [3.8, 4) is 11.8 Å². The summed E-state index contributed by atoms with van der Waals surface area (Å²) < 4.78 is 5.77. The highest BCUT2D eigenvalue weighted by Crippen LogP contribution is 2.27. The summed E-state index contributed by atoms with van der Waals surface area (Å²) in [5, 5.41) is 3.10. The molecule has 0 aliphatic heterocycles. The number of aryl methyl sites for hydroxylation is 3. The van der Waals surface area contributed by atoms with Crippen LogP contribution in [0.3, 0.4) is 0 Å². The van der Waals surface area contributed by atoms with Crippen LogP contribution in [-0.2, 0) is 19.4 Å². The molecule has 4 heteroatoms. The van der Waals surface area contributed by atoms with Crippen molar-refractivity contribution in [3.05, 3.63) is 46.8 Å². The number of fused-ring (bicyclic) bond motifs is 1. The molecule has 1 aromatic carbocycles. The first-order valence-electron chi connectivity index (χ1n) is 7.03. The highest BCUT2D eigenvalue weighted by molar-refractivity contribution is 5.39. The van der Waals surface area contributed by atoms with Crippen molar-refractivity contribution in [3.63, 3.8) is 0 Å². The molecule has 1 heterocycles. The summed E-state index contributed by atoms with van der Waals surface area (Å²) in [6, 6.07) is 6.69. The molecule has 1 aromatic heterocycles. The molecule has 0 saturated heterocycles. The van der Waals surface area contributed by atoms with Crippen molar-refractivity contribution in [2.75, 3.05) is 7.05 Å². The van der Waals surface area contributed by atoms with E-state index in [1.807, 2.05) is 26.2 Å². The molecule has 3 rings (SSSR count). The van der Waals surface area contributed by atoms with E-state index < -0.39 is 0 Å². The highest BCUT2D eigenvalue weighted by Gasteiger charge is 2.12. The third-order valence-electron chi connectivity index (χ3n) is 3.71. The van der Waals surface area contributed by atoms with E-state index in [1.54, 1.807) is 0 Å². The van der Waals surface area contributed by atoms with E-state index >= 15 is 0 Å². The van der Waals surface area contributed by atoms with E-state index in [1.165, 1.54) is 24.0 Å². The Labute approximate surface area is 119 Å². The molecule has 0 fully saturated rings. The van der Waals surface area contributed by atoms with E-state index in [4.69, 9.17) is 4.74 Å². The molecule has 0 spiro atoms. The third-order valence-corrected chi connectivity index (χ3v) is 3.71. The number of benzene rings is 1. The summed E-state index contributed by atoms with van der Waals surface area (Å²) in [6.07, 6.45) is 5.39. The van der Waals surface area contributed by atoms with Crippen molar-refractivity contribution >= 4 is 0 Å². The molecule has 20 heavy (non-hydrogen) atoms. The zero-order valence-electron chi connectivity index (χ0n) is 11.9. The van der Waals surface area contributed by atoms with Gasteiger partial charge in [-0.15, -0.1) is 0 Å². The van der Waals surface area contributed by atoms with Gasteiger partial charge in [-0.2, -0.15) is 4.98 Å². The van der Waals surface area contributed by atoms with Crippen molar-refractivity contribution < 1.29 is 4.74 Å². The number of rotatable bonds is 4. The van der Waals surface area contributed by atoms with Gasteiger partial charge in [-0.25, -0.2) is 4.98 Å². The maximum Gasteiger partial charge on any atom is 0.322 e. The maximum absolute atomic E-state index is 5.77. The Kier molecular flexibility index (Phi) is 3.65. The Bertz CT molecular complexity index is 625. The molecule has 2 aromatic rings. The molecule has 0 radical (unpaired) electrons. The van der Waals surface area contributed by atoms with Crippen LogP contribution in [0.4, 0.5) is 0 Å². The van der Waals surface area contributed by atoms with Crippen LogP contribution in [-0.4, -0.2) is 17.0 Å². The Morgan fingerprint density at radius 3 is 2.90 bits per heavy atom. The lowest BCUT2D eigenvalue weighted by atomic mass is 10.1. The summed E-state index contributed by atoms with van der Waals surface area (Å²) in [5.41, 5.74) is 4.88. The zero-order chi connectivity index (χ0) is 13.9. The van der Waals surface area contributed by atoms with Gasteiger partial charge in [0.25, 0.3) is 0 Å². The zero-order valence-corrected chi connectivity index (χ0v) is 11.9. The van der Waals surface area contributed by atoms with Crippen LogP contribution in [0.25, 0.3) is 0 Å². The fraction of sp³-hybridized carbons (Fsp3) is 0.375. The SMILES string of the molecule is CNCc1cnc(Oc2ccc3c(c2)CCC3)nc1C. The summed E-state index contributed by atoms with van der Waals surface area (Å²) >= 11 is 0. The first kappa shape index (κ1) is 13.1. The topological polar surface area (TPSA) is 47.0 Å². The summed E-state index contributed by atoms with van der Waals surface area (Å²) in [5.74, 6) is 0.825. The van der Waals surface area contributed by atoms with Gasteiger partial charge >= 0.3 is 6.01 Å². The normalized spacial score (nSPS) is 13.3. The second-order valence-electron chi connectivity index (χ2n) is 5.18. The highest BCUT2D eigenvalue weighted by atomic mass is 16.5. The monoisotopic (exact) mass is 269 g/mol. The van der Waals surface area contributed by atoms with E-state index in [2.05, 4.69) is 27.4 Å². The van der Waals surface area contributed by atoms with Gasteiger partial charge in [-0.3, -0.25) is 0 Å². The Balaban J connectivity index is 1.79. The fourth-order valence-electron chi connectivity index (χ4n) is 2.60. The first-order chi connectivity index (χ1) is 9.76. The van der Waals surface area contributed by atoms with Gasteiger partial charge in [0, 0.05) is 24.0 Å². The fourth-order valence-corrected chi connectivity index (χ4v) is 2.60. The standard InChI is InChI=1S/C16H19N3O/c1-11-14(9-17-2)10-18-16(19-11)20-15-7-6-12-4-3-5-13(12)8-15/h6-8,10,17H,3-5,9H2,1-2H3. The van der Waals surface area contributed by atoms with Crippen molar-refractivity contribution in [2.24, 2.45) is 0 Å². The lowest BCUT2D eigenvalue weighted by molar-refractivity contribution is 0.438. The van der Waals surface area contributed by atoms with Gasteiger partial charge in [0.1, 0.15) is 5.75 Å². The van der Waals surface area contributed by atoms with Gasteiger partial charge in [-0.05, 0) is 56.5 Å². The number of hydrogen-bond donors (Lipinski definition) is 1. The van der Waals surface area contributed by atoms with Gasteiger partial charge in [0.2, 0.25) is 0 Å². The molecule has 1 aliphatic carbocycles. The maximum atomic E-state index is 5.77. The van der Waals surface area contributed by atoms with Crippen molar-refractivity contribution in [2.45, 2.75) is 32.7 Å². The second-order valence-corrected chi connectivity index (χ2v) is 5.18. The van der Waals surface area contributed by atoms with Crippen LogP contribution in [0.15, 0.2) is 24.4 Å². The Morgan fingerprint density at radius 2 is 2.10 bits per heavy atom. The minimum Gasteiger partial charge on any atom is -0.424 e. The van der Waals surface area contributed by atoms with Gasteiger partial charge in [0.15, 0.2) is 0 Å². The molecule has 0 bridgehead atoms. The second kappa shape index (κ2) is 5.59. The smallest absolute Gasteiger partial charge is 0.322 e. The molecule has 1 aliphatic rings. The predicted molar refractivity (Wildman–Crippen MR) is 78.1 cm³/mol. The largest absolute Gasteiger partial charge is 0.424 e. The average Bonchev–Trinajstić information content (AvgIpc) is 2.89. The van der Waals surface area contributed by atoms with Crippen molar-refractivity contribution in [1.29, 1.82) is 0 Å². The number of nitrogens with one attached hydrogen (secondary N) is 1. The lowest BCUT2D eigenvalue weighted by Crippen LogP contribution is -2.08. The molecule has 0 unspecified atom stereocenters. The van der Waals surface area contributed by atoms with E-state index in [-0.39, 0.29) is 0 Å². The molecule has 0 saturated carbocycles. The van der Waals surface area contributed by atoms with Crippen LogP contribution in [0.1, 0.15) is 28.8 Å². The van der Waals surface area contributed by atoms with Crippen LogP contribution in [0, 0.1) is 6.92 Å². The molecule has 0 amide bonds. The quantitative estimate of drug-likeness (QED) is 0.927. The van der Waals surface area contributed by atoms with Crippen LogP contribution in [0.5, 0.6) is 11.8 Å². The van der Waals surface area contributed by atoms with Crippen LogP contribution in [0.2, 0.25) is 0 Å². The molecular formula is C16H19N3O. The third kappa shape index (κ3) is 2.65. The van der Waals surface area contributed by atoms with Crippen LogP contribution < -0.4 is 10.1 Å². The van der Waals surface area contributed by atoms with Crippen LogP contribution >= 0.6 is 0 Å². The summed E-state index contributed by atoms with van der Waals surface area (Å²) in [7, 11) is 1.91. The average molecular weight is 269 g/mol. The Hall–Kier alpha value is -1.94. The van der Waals surface area contributed by atoms with E-state index in [0.29, 0.717) is 6.01 Å². The lowest BCUT2D eigenvalue weighted by Gasteiger charge is -2.08. The van der Waals surface area contributed by atoms with Gasteiger partial charge in [0.05, 0.1) is 0 Å². The minimum absolute atomic E-state index is 0.417. The molecule has 0 atom stereocenters. The molecule has 104 valence electrons. The van der Waals surface area contributed by atoms with E-state index in [0.717, 1.165) is 30.0 Å². The first-order valence-corrected chi connectivity index (χ1v) is 7.03. The van der Waals surface area contributed by atoms with Gasteiger partial charge in [-0.1, -0.05) is 6.07 Å². The summed E-state index contributed by atoms with van der Waals surface area (Å²) in [6.45, 7) is 2.74. The number of hydrogen-bond acceptors (Lipinski definition) is 4. The Morgan fingerprint density at radius 1 is 1.25 bits per heavy atom. The predicted octanol–water partition coefficient (Wildman–Crippen LogP) is 2.79. The summed E-state index contributed by atoms with van der Waals surface area (Å²) in [4.78, 5) is 8.68. The molecular weight excluding hydrogens is 250 g/mol. The molecule has 1 N–H and O–H groups in total. The minimum atomic E-state index is 0.417.